The summed E-state index contributed by atoms with van der Waals surface area (Å²) in [5.41, 5.74) is 0. The molecule has 0 aromatic carbocycles. The van der Waals surface area contributed by atoms with Crippen LogP contribution in [0.3, 0.4) is 0 Å². The second-order valence-electron chi connectivity index (χ2n) is 3.26. The number of halogens is 4. The van der Waals surface area contributed by atoms with Crippen LogP contribution >= 0.6 is 15.9 Å². The molecule has 1 unspecified atom stereocenters. The molecule has 0 bridgehead atoms. The molecule has 92 valence electrons. The molecule has 0 fully saturated rings. The number of alkyl halides is 4. The third-order valence-corrected chi connectivity index (χ3v) is 2.60. The fourth-order valence-electron chi connectivity index (χ4n) is 1.03. The maximum absolute atomic E-state index is 12.1. The summed E-state index contributed by atoms with van der Waals surface area (Å²) in [7, 11) is 0. The molecule has 1 atom stereocenters. The van der Waals surface area contributed by atoms with Crippen LogP contribution in [0.15, 0.2) is 12.4 Å². The number of aryl methyl sites for hydroxylation is 1. The zero-order valence-electron chi connectivity index (χ0n) is 8.67. The Morgan fingerprint density at radius 3 is 2.81 bits per heavy atom. The summed E-state index contributed by atoms with van der Waals surface area (Å²) >= 11 is 2.52. The van der Waals surface area contributed by atoms with Gasteiger partial charge in [-0.25, -0.2) is 0 Å². The fourth-order valence-corrected chi connectivity index (χ4v) is 1.17. The van der Waals surface area contributed by atoms with E-state index >= 15 is 0 Å². The molecule has 0 aliphatic heterocycles. The highest BCUT2D eigenvalue weighted by molar-refractivity contribution is 9.09. The molecular formula is C9H12BrF3N2O. The first-order valence-corrected chi connectivity index (χ1v) is 5.71. The lowest BCUT2D eigenvalue weighted by Crippen LogP contribution is -2.28. The highest BCUT2D eigenvalue weighted by Crippen LogP contribution is 2.26. The van der Waals surface area contributed by atoms with Crippen molar-refractivity contribution in [2.75, 3.05) is 6.61 Å². The molecule has 1 rings (SSSR count). The zero-order chi connectivity index (χ0) is 12.2. The smallest absolute Gasteiger partial charge is 0.404 e. The van der Waals surface area contributed by atoms with Gasteiger partial charge < -0.3 is 4.74 Å². The van der Waals surface area contributed by atoms with E-state index in [2.05, 4.69) is 21.0 Å². The molecule has 0 amide bonds. The monoisotopic (exact) mass is 300 g/mol. The third-order valence-electron chi connectivity index (χ3n) is 1.81. The van der Waals surface area contributed by atoms with E-state index in [-0.39, 0.29) is 0 Å². The van der Waals surface area contributed by atoms with Crippen LogP contribution in [-0.4, -0.2) is 27.4 Å². The first-order valence-electron chi connectivity index (χ1n) is 4.79. The van der Waals surface area contributed by atoms with Gasteiger partial charge in [-0.05, 0) is 6.42 Å². The van der Waals surface area contributed by atoms with E-state index < -0.39 is 17.6 Å². The molecular weight excluding hydrogens is 289 g/mol. The summed E-state index contributed by atoms with van der Waals surface area (Å²) in [6, 6.07) is 0. The summed E-state index contributed by atoms with van der Waals surface area (Å²) in [5.74, 6) is 0.349. The van der Waals surface area contributed by atoms with E-state index in [1.54, 1.807) is 10.9 Å². The standard InChI is InChI=1S/C9H12BrF3N2O/c1-2-3-15-5-7(4-14-15)16-6-8(10)9(11,12)13/h4-5,8H,2-3,6H2,1H3. The lowest BCUT2D eigenvalue weighted by atomic mass is 10.4. The maximum Gasteiger partial charge on any atom is 0.404 e. The van der Waals surface area contributed by atoms with Gasteiger partial charge >= 0.3 is 6.18 Å². The van der Waals surface area contributed by atoms with Gasteiger partial charge in [0.05, 0.1) is 12.4 Å². The first-order chi connectivity index (χ1) is 7.43. The van der Waals surface area contributed by atoms with Gasteiger partial charge in [0.15, 0.2) is 5.75 Å². The quantitative estimate of drug-likeness (QED) is 0.782. The van der Waals surface area contributed by atoms with Crippen LogP contribution in [0, 0.1) is 0 Å². The van der Waals surface area contributed by atoms with E-state index in [0.717, 1.165) is 13.0 Å². The largest absolute Gasteiger partial charge is 0.489 e. The Balaban J connectivity index is 2.42. The van der Waals surface area contributed by atoms with Crippen LogP contribution in [0.25, 0.3) is 0 Å². The lowest BCUT2D eigenvalue weighted by molar-refractivity contribution is -0.132. The topological polar surface area (TPSA) is 27.1 Å². The minimum absolute atomic E-state index is 0.349. The SMILES string of the molecule is CCCn1cc(OCC(Br)C(F)(F)F)cn1. The van der Waals surface area contributed by atoms with Gasteiger partial charge in [0.2, 0.25) is 0 Å². The van der Waals surface area contributed by atoms with Crippen molar-refractivity contribution in [1.29, 1.82) is 0 Å². The van der Waals surface area contributed by atoms with Gasteiger partial charge in [-0.3, -0.25) is 4.68 Å². The molecule has 7 heteroatoms. The van der Waals surface area contributed by atoms with Crippen LogP contribution in [0.5, 0.6) is 5.75 Å². The van der Waals surface area contributed by atoms with Crippen LogP contribution in [0.2, 0.25) is 0 Å². The van der Waals surface area contributed by atoms with E-state index in [9.17, 15) is 13.2 Å². The second-order valence-corrected chi connectivity index (χ2v) is 4.36. The molecule has 0 aliphatic carbocycles. The Morgan fingerprint density at radius 2 is 2.25 bits per heavy atom. The predicted molar refractivity (Wildman–Crippen MR) is 56.8 cm³/mol. The highest BCUT2D eigenvalue weighted by Gasteiger charge is 2.38. The lowest BCUT2D eigenvalue weighted by Gasteiger charge is -2.13. The highest BCUT2D eigenvalue weighted by atomic mass is 79.9. The van der Waals surface area contributed by atoms with Crippen molar-refractivity contribution in [3.63, 3.8) is 0 Å². The first kappa shape index (κ1) is 13.3. The Hall–Kier alpha value is -0.720. The molecule has 0 spiro atoms. The number of hydrogen-bond donors (Lipinski definition) is 0. The molecule has 0 N–H and O–H groups in total. The third kappa shape index (κ3) is 4.03. The van der Waals surface area contributed by atoms with Gasteiger partial charge in [-0.1, -0.05) is 22.9 Å². The fraction of sp³-hybridized carbons (Fsp3) is 0.667. The average Bonchev–Trinajstić information content (AvgIpc) is 2.61. The van der Waals surface area contributed by atoms with Gasteiger partial charge in [-0.2, -0.15) is 18.3 Å². The Labute approximate surface area is 99.7 Å². The van der Waals surface area contributed by atoms with Crippen LogP contribution in [-0.2, 0) is 6.54 Å². The predicted octanol–water partition coefficient (Wildman–Crippen LogP) is 3.00. The summed E-state index contributed by atoms with van der Waals surface area (Å²) in [4.78, 5) is -1.66. The van der Waals surface area contributed by atoms with Gasteiger partial charge in [0, 0.05) is 6.54 Å². The van der Waals surface area contributed by atoms with E-state index in [1.165, 1.54) is 6.20 Å². The summed E-state index contributed by atoms with van der Waals surface area (Å²) in [6.45, 7) is 2.25. The van der Waals surface area contributed by atoms with Crippen LogP contribution in [0.4, 0.5) is 13.2 Å². The summed E-state index contributed by atoms with van der Waals surface area (Å²) in [5, 5.41) is 3.94. The Bertz CT molecular complexity index is 327. The Morgan fingerprint density at radius 1 is 1.56 bits per heavy atom. The summed E-state index contributed by atoms with van der Waals surface area (Å²) in [6.07, 6.45) is -0.393. The number of aromatic nitrogens is 2. The summed E-state index contributed by atoms with van der Waals surface area (Å²) < 4.78 is 43.0. The Kier molecular flexibility index (Phi) is 4.64. The molecule has 16 heavy (non-hydrogen) atoms. The van der Waals surface area contributed by atoms with Crippen molar-refractivity contribution in [2.24, 2.45) is 0 Å². The van der Waals surface area contributed by atoms with Crippen molar-refractivity contribution in [1.82, 2.24) is 9.78 Å². The molecule has 1 heterocycles. The average molecular weight is 301 g/mol. The molecule has 1 aromatic heterocycles. The minimum atomic E-state index is -4.29. The molecule has 1 aromatic rings. The molecule has 0 aliphatic rings. The van der Waals surface area contributed by atoms with E-state index in [0.29, 0.717) is 5.75 Å². The van der Waals surface area contributed by atoms with Gasteiger partial charge in [-0.15, -0.1) is 0 Å². The number of nitrogens with zero attached hydrogens (tertiary/aromatic N) is 2. The maximum atomic E-state index is 12.1. The second kappa shape index (κ2) is 5.56. The molecule has 0 saturated carbocycles. The van der Waals surface area contributed by atoms with Gasteiger partial charge in [0.25, 0.3) is 0 Å². The normalized spacial score (nSPS) is 13.8. The van der Waals surface area contributed by atoms with Crippen molar-refractivity contribution in [3.8, 4) is 5.75 Å². The van der Waals surface area contributed by atoms with Crippen molar-refractivity contribution in [2.45, 2.75) is 30.9 Å². The molecule has 0 radical (unpaired) electrons. The number of rotatable bonds is 5. The minimum Gasteiger partial charge on any atom is -0.489 e. The van der Waals surface area contributed by atoms with E-state index in [1.807, 2.05) is 6.92 Å². The van der Waals surface area contributed by atoms with E-state index in [4.69, 9.17) is 4.74 Å². The van der Waals surface area contributed by atoms with Crippen molar-refractivity contribution in [3.05, 3.63) is 12.4 Å². The molecule has 3 nitrogen and oxygen atoms in total. The van der Waals surface area contributed by atoms with Crippen LogP contribution < -0.4 is 4.74 Å². The van der Waals surface area contributed by atoms with Crippen molar-refractivity contribution >= 4 is 15.9 Å². The van der Waals surface area contributed by atoms with Crippen LogP contribution in [0.1, 0.15) is 13.3 Å². The number of hydrogen-bond acceptors (Lipinski definition) is 2. The number of ether oxygens (including phenoxy) is 1. The van der Waals surface area contributed by atoms with Gasteiger partial charge in [0.1, 0.15) is 11.4 Å². The van der Waals surface area contributed by atoms with Crippen molar-refractivity contribution < 1.29 is 17.9 Å². The molecule has 0 saturated heterocycles. The zero-order valence-corrected chi connectivity index (χ0v) is 10.3.